The normalized spacial score (nSPS) is 10.6. The lowest BCUT2D eigenvalue weighted by atomic mass is 10.0. The average Bonchev–Trinajstić information content (AvgIpc) is 3.04. The molecule has 0 saturated carbocycles. The van der Waals surface area contributed by atoms with Crippen LogP contribution in [0.3, 0.4) is 0 Å². The van der Waals surface area contributed by atoms with Crippen LogP contribution < -0.4 is 32.4 Å². The summed E-state index contributed by atoms with van der Waals surface area (Å²) in [6.45, 7) is 17.2. The second kappa shape index (κ2) is 20.3. The Bertz CT molecular complexity index is 1900. The summed E-state index contributed by atoms with van der Waals surface area (Å²) in [7, 11) is 2.44. The number of aromatic nitrogens is 4. The van der Waals surface area contributed by atoms with Gasteiger partial charge in [0, 0.05) is 28.2 Å². The minimum absolute atomic E-state index is 0.170. The first-order valence-electron chi connectivity index (χ1n) is 16.0. The van der Waals surface area contributed by atoms with Gasteiger partial charge in [-0.3, -0.25) is 0 Å². The Labute approximate surface area is 326 Å². The van der Waals surface area contributed by atoms with Crippen molar-refractivity contribution in [3.05, 3.63) is 56.9 Å². The molecule has 0 saturated heterocycles. The Hall–Kier alpha value is -3.83. The fourth-order valence-electron chi connectivity index (χ4n) is 4.26. The van der Waals surface area contributed by atoms with Crippen LogP contribution in [-0.4, -0.2) is 42.2 Å². The van der Waals surface area contributed by atoms with Crippen molar-refractivity contribution in [1.82, 2.24) is 19.9 Å². The lowest BCUT2D eigenvalue weighted by Crippen LogP contribution is -2.17. The first-order chi connectivity index (χ1) is 23.9. The van der Waals surface area contributed by atoms with Crippen LogP contribution in [0.25, 0.3) is 0 Å². The number of hydrogen-bond acceptors (Lipinski definition) is 12. The van der Waals surface area contributed by atoms with Crippen molar-refractivity contribution in [2.24, 2.45) is 0 Å². The zero-order valence-electron chi connectivity index (χ0n) is 31.0. The van der Waals surface area contributed by atoms with Crippen LogP contribution in [-0.2, 0) is 0 Å². The van der Waals surface area contributed by atoms with Crippen LogP contribution in [0.2, 0.25) is 25.7 Å². The number of nitrogens with zero attached hydrogens (tertiary/aromatic N) is 4. The molecule has 10 nitrogen and oxygen atoms in total. The van der Waals surface area contributed by atoms with Crippen molar-refractivity contribution in [3.8, 4) is 35.7 Å². The SMILES string of the molecule is C#CC[Si](C)(C)C.CC#Cc1cc(Sc2cnc(N)nc2N)c(C(C)C)cc1OC.COc1cc(C(C)C)c(Sc2cnc(N)nc2N)cc1I. The van der Waals surface area contributed by atoms with Crippen LogP contribution in [0.15, 0.2) is 56.2 Å². The van der Waals surface area contributed by atoms with E-state index in [0.717, 1.165) is 51.8 Å². The van der Waals surface area contributed by atoms with Gasteiger partial charge in [-0.2, -0.15) is 9.97 Å². The van der Waals surface area contributed by atoms with E-state index in [2.05, 4.69) is 120 Å². The Balaban J connectivity index is 0.000000299. The van der Waals surface area contributed by atoms with E-state index < -0.39 is 8.07 Å². The molecule has 0 unspecified atom stereocenters. The van der Waals surface area contributed by atoms with E-state index in [1.807, 2.05) is 12.1 Å². The highest BCUT2D eigenvalue weighted by Gasteiger charge is 2.17. The number of benzene rings is 2. The van der Waals surface area contributed by atoms with Gasteiger partial charge in [0.1, 0.15) is 23.1 Å². The van der Waals surface area contributed by atoms with Crippen LogP contribution in [0.5, 0.6) is 11.5 Å². The Morgan fingerprint density at radius 3 is 1.57 bits per heavy atom. The van der Waals surface area contributed by atoms with Crippen LogP contribution in [0.4, 0.5) is 23.5 Å². The van der Waals surface area contributed by atoms with Crippen molar-refractivity contribution < 1.29 is 9.47 Å². The van der Waals surface area contributed by atoms with E-state index in [0.29, 0.717) is 23.5 Å². The quantitative estimate of drug-likeness (QED) is 0.0717. The smallest absolute Gasteiger partial charge is 0.221 e. The summed E-state index contributed by atoms with van der Waals surface area (Å²) in [5, 5.41) is 0. The summed E-state index contributed by atoms with van der Waals surface area (Å²) < 4.78 is 11.9. The molecule has 0 radical (unpaired) electrons. The maximum absolute atomic E-state index is 5.94. The van der Waals surface area contributed by atoms with Gasteiger partial charge in [0.05, 0.1) is 41.2 Å². The third kappa shape index (κ3) is 13.7. The molecule has 0 bridgehead atoms. The minimum atomic E-state index is -0.893. The standard InChI is InChI=1S/C17H20N4OS.C14H17IN4OS.C6H12Si/c1-5-6-11-7-14(12(10(2)3)8-13(11)22-4)23-15-9-20-17(19)21-16(15)18;1-7(2)8-4-10(20-3)9(15)5-11(8)21-12-6-18-14(17)19-13(12)16;1-5-6-7(2,3)4/h7-10H,1-4H3,(H4,18,19,20,21);4-7H,1-3H3,(H4,16,17,18,19);1H,6H2,2-4H3. The van der Waals surface area contributed by atoms with Crippen LogP contribution in [0, 0.1) is 27.8 Å². The van der Waals surface area contributed by atoms with Gasteiger partial charge in [0.25, 0.3) is 0 Å². The number of terminal acetylenes is 1. The molecule has 0 fully saturated rings. The Morgan fingerprint density at radius 1 is 0.765 bits per heavy atom. The summed E-state index contributed by atoms with van der Waals surface area (Å²) in [5.41, 5.74) is 26.1. The van der Waals surface area contributed by atoms with Gasteiger partial charge >= 0.3 is 0 Å². The van der Waals surface area contributed by atoms with Crippen molar-refractivity contribution in [1.29, 1.82) is 0 Å². The molecule has 0 amide bonds. The first-order valence-corrected chi connectivity index (χ1v) is 22.4. The lowest BCUT2D eigenvalue weighted by molar-refractivity contribution is 0.410. The number of hydrogen-bond donors (Lipinski definition) is 4. The molecule has 2 aromatic heterocycles. The van der Waals surface area contributed by atoms with Gasteiger partial charge in [-0.25, -0.2) is 9.97 Å². The highest BCUT2D eigenvalue weighted by Crippen LogP contribution is 2.41. The lowest BCUT2D eigenvalue weighted by Gasteiger charge is -2.16. The zero-order chi connectivity index (χ0) is 38.5. The molecule has 0 spiro atoms. The molecule has 272 valence electrons. The number of anilines is 4. The van der Waals surface area contributed by atoms with Gasteiger partial charge in [-0.05, 0) is 76.7 Å². The summed E-state index contributed by atoms with van der Waals surface area (Å²) in [4.78, 5) is 19.8. The second-order valence-electron chi connectivity index (χ2n) is 12.9. The molecule has 51 heavy (non-hydrogen) atoms. The highest BCUT2D eigenvalue weighted by atomic mass is 127. The fraction of sp³-hybridized carbons (Fsp3) is 0.351. The topological polar surface area (TPSA) is 174 Å². The van der Waals surface area contributed by atoms with Crippen molar-refractivity contribution in [3.63, 3.8) is 0 Å². The average molecular weight is 857 g/mol. The van der Waals surface area contributed by atoms with E-state index in [1.165, 1.54) is 17.3 Å². The molecular formula is C37H49IN8O2S2Si. The van der Waals surface area contributed by atoms with Crippen molar-refractivity contribution in [2.75, 3.05) is 37.2 Å². The largest absolute Gasteiger partial charge is 0.496 e. The molecule has 4 aromatic rings. The van der Waals surface area contributed by atoms with Crippen LogP contribution in [0.1, 0.15) is 63.1 Å². The molecule has 0 atom stereocenters. The summed E-state index contributed by atoms with van der Waals surface area (Å²) in [5.74, 6) is 12.1. The van der Waals surface area contributed by atoms with E-state index >= 15 is 0 Å². The Morgan fingerprint density at radius 2 is 1.22 bits per heavy atom. The molecular weight excluding hydrogens is 808 g/mol. The maximum Gasteiger partial charge on any atom is 0.221 e. The predicted octanol–water partition coefficient (Wildman–Crippen LogP) is 8.78. The van der Waals surface area contributed by atoms with E-state index in [9.17, 15) is 0 Å². The third-order valence-corrected chi connectivity index (χ3v) is 11.1. The zero-order valence-corrected chi connectivity index (χ0v) is 35.8. The van der Waals surface area contributed by atoms with Crippen LogP contribution >= 0.6 is 46.1 Å². The van der Waals surface area contributed by atoms with E-state index in [4.69, 9.17) is 38.8 Å². The van der Waals surface area contributed by atoms with Gasteiger partial charge < -0.3 is 32.4 Å². The summed E-state index contributed by atoms with van der Waals surface area (Å²) in [6.07, 6.45) is 8.40. The number of methoxy groups -OCH3 is 2. The monoisotopic (exact) mass is 856 g/mol. The van der Waals surface area contributed by atoms with Gasteiger partial charge in [0.15, 0.2) is 0 Å². The molecule has 2 aromatic carbocycles. The second-order valence-corrected chi connectivity index (χ2v) is 21.7. The molecule has 14 heteroatoms. The predicted molar refractivity (Wildman–Crippen MR) is 226 cm³/mol. The number of nitrogens with two attached hydrogens (primary N) is 4. The summed E-state index contributed by atoms with van der Waals surface area (Å²) >= 11 is 5.32. The molecule has 0 aliphatic heterocycles. The molecule has 4 rings (SSSR count). The van der Waals surface area contributed by atoms with E-state index in [-0.39, 0.29) is 11.9 Å². The molecule has 2 heterocycles. The number of nitrogen functional groups attached to an aromatic ring is 4. The summed E-state index contributed by atoms with van der Waals surface area (Å²) in [6, 6.07) is 9.22. The highest BCUT2D eigenvalue weighted by molar-refractivity contribution is 14.1. The van der Waals surface area contributed by atoms with Gasteiger partial charge in [-0.1, -0.05) is 76.8 Å². The van der Waals surface area contributed by atoms with E-state index in [1.54, 1.807) is 45.3 Å². The third-order valence-electron chi connectivity index (χ3n) is 6.80. The first kappa shape index (κ1) is 43.3. The van der Waals surface area contributed by atoms with Gasteiger partial charge in [0.2, 0.25) is 11.9 Å². The Kier molecular flexibility index (Phi) is 17.2. The number of ether oxygens (including phenoxy) is 2. The number of halogens is 1. The maximum atomic E-state index is 5.94. The minimum Gasteiger partial charge on any atom is -0.496 e. The molecule has 8 N–H and O–H groups in total. The molecule has 0 aliphatic rings. The number of rotatable bonds is 9. The van der Waals surface area contributed by atoms with Gasteiger partial charge in [-0.15, -0.1) is 18.3 Å². The fourth-order valence-corrected chi connectivity index (χ4v) is 7.93. The van der Waals surface area contributed by atoms with Crippen molar-refractivity contribution in [2.45, 2.75) is 91.7 Å². The molecule has 0 aliphatic carbocycles. The van der Waals surface area contributed by atoms with Crippen molar-refractivity contribution >= 4 is 77.7 Å².